The molecule has 1 atom stereocenters. The molecule has 3 aromatic carbocycles. The Morgan fingerprint density at radius 2 is 1.76 bits per heavy atom. The van der Waals surface area contributed by atoms with Crippen molar-refractivity contribution in [2.45, 2.75) is 58.4 Å². The van der Waals surface area contributed by atoms with E-state index in [9.17, 15) is 22.8 Å². The molecule has 240 valence electrons. The third-order valence-corrected chi connectivity index (χ3v) is 8.20. The number of aromatic nitrogens is 3. The normalized spacial score (nSPS) is 15.1. The highest BCUT2D eigenvalue weighted by atomic mass is 32.2. The number of nitrogens with zero attached hydrogens (tertiary/aromatic N) is 5. The van der Waals surface area contributed by atoms with Gasteiger partial charge < -0.3 is 10.1 Å². The van der Waals surface area contributed by atoms with Gasteiger partial charge in [0.1, 0.15) is 12.1 Å². The Morgan fingerprint density at radius 3 is 2.46 bits per heavy atom. The van der Waals surface area contributed by atoms with Crippen molar-refractivity contribution in [3.05, 3.63) is 90.3 Å². The van der Waals surface area contributed by atoms with E-state index in [-0.39, 0.29) is 29.4 Å². The minimum absolute atomic E-state index is 0.0963. The summed E-state index contributed by atoms with van der Waals surface area (Å²) in [6, 6.07) is 20.3. The maximum Gasteiger partial charge on any atom is 0.573 e. The van der Waals surface area contributed by atoms with Crippen molar-refractivity contribution in [3.8, 4) is 22.8 Å². The van der Waals surface area contributed by atoms with Crippen LogP contribution in [0.5, 0.6) is 5.75 Å². The molecule has 1 unspecified atom stereocenters. The third-order valence-electron chi connectivity index (χ3n) is 7.27. The number of hydrogen-bond donors (Lipinski definition) is 1. The Morgan fingerprint density at radius 1 is 1.04 bits per heavy atom. The molecule has 0 radical (unpaired) electrons. The molecule has 4 aromatic rings. The Hall–Kier alpha value is -4.65. The largest absolute Gasteiger partial charge is 0.573 e. The number of para-hydroxylation sites is 1. The first-order valence-corrected chi connectivity index (χ1v) is 15.8. The third kappa shape index (κ3) is 8.33. The minimum Gasteiger partial charge on any atom is -0.406 e. The average Bonchev–Trinajstić information content (AvgIpc) is 3.64. The highest BCUT2D eigenvalue weighted by Crippen LogP contribution is 2.33. The number of carbonyl (C=O) groups is 2. The zero-order chi connectivity index (χ0) is 32.8. The number of hydrogen-bond acceptors (Lipinski definition) is 6. The number of urea groups is 1. The second-order valence-corrected chi connectivity index (χ2v) is 12.1. The van der Waals surface area contributed by atoms with Gasteiger partial charge in [0.15, 0.2) is 11.0 Å². The van der Waals surface area contributed by atoms with Gasteiger partial charge in [-0.15, -0.1) is 18.3 Å². The van der Waals surface area contributed by atoms with E-state index in [2.05, 4.69) is 39.0 Å². The van der Waals surface area contributed by atoms with E-state index in [1.807, 2.05) is 55.5 Å². The fraction of sp³-hybridized carbons (Fsp3) is 0.303. The number of halogens is 3. The van der Waals surface area contributed by atoms with E-state index in [0.717, 1.165) is 41.6 Å². The van der Waals surface area contributed by atoms with E-state index in [1.54, 1.807) is 4.90 Å². The summed E-state index contributed by atoms with van der Waals surface area (Å²) in [7, 11) is 0. The molecular weight excluding hydrogens is 617 g/mol. The van der Waals surface area contributed by atoms with Gasteiger partial charge in [-0.25, -0.2) is 14.5 Å². The van der Waals surface area contributed by atoms with E-state index >= 15 is 0 Å². The van der Waals surface area contributed by atoms with Crippen LogP contribution in [0.1, 0.15) is 50.7 Å². The van der Waals surface area contributed by atoms with Crippen molar-refractivity contribution in [2.75, 3.05) is 10.7 Å². The van der Waals surface area contributed by atoms with E-state index in [0.29, 0.717) is 16.7 Å². The smallest absolute Gasteiger partial charge is 0.406 e. The molecule has 0 aliphatic carbocycles. The van der Waals surface area contributed by atoms with Crippen LogP contribution in [-0.2, 0) is 11.2 Å². The van der Waals surface area contributed by atoms with Crippen molar-refractivity contribution in [1.82, 2.24) is 20.1 Å². The molecule has 46 heavy (non-hydrogen) atoms. The van der Waals surface area contributed by atoms with E-state index < -0.39 is 12.4 Å². The lowest BCUT2D eigenvalue weighted by molar-refractivity contribution is -0.274. The number of anilines is 1. The number of thioether (sulfide) groups is 1. The van der Waals surface area contributed by atoms with Crippen molar-refractivity contribution < 1.29 is 27.5 Å². The molecule has 13 heteroatoms. The number of alkyl halides is 3. The second-order valence-electron chi connectivity index (χ2n) is 11.1. The number of amides is 3. The first kappa shape index (κ1) is 32.7. The maximum atomic E-state index is 12.8. The molecule has 9 nitrogen and oxygen atoms in total. The lowest BCUT2D eigenvalue weighted by Gasteiger charge is -2.21. The van der Waals surface area contributed by atoms with Crippen LogP contribution < -0.4 is 15.0 Å². The molecule has 1 N–H and O–H groups in total. The molecule has 0 saturated carbocycles. The van der Waals surface area contributed by atoms with Crippen LogP contribution in [0.3, 0.4) is 0 Å². The van der Waals surface area contributed by atoms with Gasteiger partial charge in [-0.05, 0) is 73.6 Å². The SMILES string of the molecule is CC(CCCc1ccc(-c2ncn(-c3ccc(OC(F)(F)F)cc3)n2)cc1)NC(=O)/N=C1\SCC(=O)N1c1ccccc1C(C)C. The summed E-state index contributed by atoms with van der Waals surface area (Å²) in [6.07, 6.45) is -0.885. The van der Waals surface area contributed by atoms with Crippen molar-refractivity contribution in [2.24, 2.45) is 4.99 Å². The molecule has 2 heterocycles. The monoisotopic (exact) mass is 650 g/mol. The number of aryl methyl sites for hydroxylation is 1. The molecule has 1 aliphatic rings. The van der Waals surface area contributed by atoms with Gasteiger partial charge >= 0.3 is 12.4 Å². The number of benzene rings is 3. The Labute approximate surface area is 268 Å². The minimum atomic E-state index is -4.75. The number of rotatable bonds is 10. The summed E-state index contributed by atoms with van der Waals surface area (Å²) in [5.74, 6) is 0.521. The van der Waals surface area contributed by atoms with Crippen LogP contribution >= 0.6 is 11.8 Å². The second kappa shape index (κ2) is 14.2. The average molecular weight is 651 g/mol. The molecular formula is C33H33F3N6O3S. The van der Waals surface area contributed by atoms with Crippen LogP contribution in [0.4, 0.5) is 23.7 Å². The van der Waals surface area contributed by atoms with Gasteiger partial charge in [0.25, 0.3) is 0 Å². The van der Waals surface area contributed by atoms with Crippen LogP contribution in [0.15, 0.2) is 84.1 Å². The first-order chi connectivity index (χ1) is 22.0. The summed E-state index contributed by atoms with van der Waals surface area (Å²) in [5.41, 5.74) is 4.23. The first-order valence-electron chi connectivity index (χ1n) is 14.8. The van der Waals surface area contributed by atoms with Gasteiger partial charge in [-0.2, -0.15) is 4.99 Å². The van der Waals surface area contributed by atoms with Crippen LogP contribution in [-0.4, -0.2) is 50.0 Å². The highest BCUT2D eigenvalue weighted by molar-refractivity contribution is 8.15. The van der Waals surface area contributed by atoms with Crippen LogP contribution in [0.2, 0.25) is 0 Å². The van der Waals surface area contributed by atoms with Crippen molar-refractivity contribution >= 4 is 34.6 Å². The van der Waals surface area contributed by atoms with Crippen molar-refractivity contribution in [1.29, 1.82) is 0 Å². The summed E-state index contributed by atoms with van der Waals surface area (Å²) in [4.78, 5) is 35.6. The zero-order valence-electron chi connectivity index (χ0n) is 25.5. The van der Waals surface area contributed by atoms with Gasteiger partial charge in [-0.1, -0.05) is 68.1 Å². The summed E-state index contributed by atoms with van der Waals surface area (Å²) < 4.78 is 42.6. The number of amidine groups is 1. The van der Waals surface area contributed by atoms with E-state index in [1.165, 1.54) is 47.0 Å². The molecule has 5 rings (SSSR count). The molecule has 1 fully saturated rings. The molecule has 1 aliphatic heterocycles. The lowest BCUT2D eigenvalue weighted by atomic mass is 10.0. The fourth-order valence-electron chi connectivity index (χ4n) is 5.02. The quantitative estimate of drug-likeness (QED) is 0.191. The zero-order valence-corrected chi connectivity index (χ0v) is 26.3. The van der Waals surface area contributed by atoms with Crippen molar-refractivity contribution in [3.63, 3.8) is 0 Å². The number of carbonyl (C=O) groups excluding carboxylic acids is 2. The Bertz CT molecular complexity index is 1700. The van der Waals surface area contributed by atoms with Gasteiger partial charge in [0.05, 0.1) is 17.1 Å². The highest BCUT2D eigenvalue weighted by Gasteiger charge is 2.32. The van der Waals surface area contributed by atoms with Crippen LogP contribution in [0.25, 0.3) is 17.1 Å². The summed E-state index contributed by atoms with van der Waals surface area (Å²) in [5, 5.41) is 7.75. The Balaban J connectivity index is 1.11. The summed E-state index contributed by atoms with van der Waals surface area (Å²) >= 11 is 1.26. The summed E-state index contributed by atoms with van der Waals surface area (Å²) in [6.45, 7) is 6.05. The number of aliphatic imine (C=N–C) groups is 1. The molecule has 1 saturated heterocycles. The van der Waals surface area contributed by atoms with Gasteiger partial charge in [0.2, 0.25) is 5.91 Å². The predicted molar refractivity (Wildman–Crippen MR) is 172 cm³/mol. The van der Waals surface area contributed by atoms with Crippen LogP contribution in [0, 0.1) is 0 Å². The lowest BCUT2D eigenvalue weighted by Crippen LogP contribution is -2.34. The molecule has 1 aromatic heterocycles. The predicted octanol–water partition coefficient (Wildman–Crippen LogP) is 7.51. The molecule has 0 spiro atoms. The number of nitrogens with one attached hydrogen (secondary N) is 1. The van der Waals surface area contributed by atoms with Gasteiger partial charge in [0, 0.05) is 11.6 Å². The number of ether oxygens (including phenoxy) is 1. The Kier molecular flexibility index (Phi) is 10.1. The molecule has 0 bridgehead atoms. The standard InChI is InChI=1S/C33H33F3N6O3S/c1-21(2)27-9-4-5-10-28(27)42-29(43)19-46-32(42)39-31(44)38-22(3)7-6-8-23-11-13-24(14-12-23)30-37-20-41(40-30)25-15-17-26(18-16-25)45-33(34,35)36/h4-5,9-18,20-22H,6-8,19H2,1-3H3,(H,38,44)/b39-32-. The maximum absolute atomic E-state index is 12.8. The topological polar surface area (TPSA) is 102 Å². The molecule has 3 amide bonds. The van der Waals surface area contributed by atoms with Gasteiger partial charge in [-0.3, -0.25) is 9.69 Å². The van der Waals surface area contributed by atoms with E-state index in [4.69, 9.17) is 0 Å². The fourth-order valence-corrected chi connectivity index (χ4v) is 5.87.